The summed E-state index contributed by atoms with van der Waals surface area (Å²) in [6.07, 6.45) is 0.609. The van der Waals surface area contributed by atoms with Gasteiger partial charge in [-0.25, -0.2) is 0 Å². The van der Waals surface area contributed by atoms with Gasteiger partial charge in [0.15, 0.2) is 0 Å². The summed E-state index contributed by atoms with van der Waals surface area (Å²) in [7, 11) is 0. The summed E-state index contributed by atoms with van der Waals surface area (Å²) in [4.78, 5) is 37.5. The molecule has 0 saturated carbocycles. The van der Waals surface area contributed by atoms with E-state index in [4.69, 9.17) is 11.6 Å². The molecule has 0 atom stereocenters. The first-order valence-corrected chi connectivity index (χ1v) is 7.95. The fourth-order valence-electron chi connectivity index (χ4n) is 2.63. The van der Waals surface area contributed by atoms with E-state index in [-0.39, 0.29) is 30.7 Å². The fourth-order valence-corrected chi connectivity index (χ4v) is 2.82. The van der Waals surface area contributed by atoms with Crippen LogP contribution in [0.25, 0.3) is 0 Å². The highest BCUT2D eigenvalue weighted by molar-refractivity contribution is 6.30. The zero-order valence-electron chi connectivity index (χ0n) is 12.8. The van der Waals surface area contributed by atoms with Gasteiger partial charge in [0.25, 0.3) is 11.8 Å². The van der Waals surface area contributed by atoms with E-state index in [9.17, 15) is 14.4 Å². The smallest absolute Gasteiger partial charge is 0.261 e. The maximum absolute atomic E-state index is 12.2. The van der Waals surface area contributed by atoms with Crippen LogP contribution in [0.3, 0.4) is 0 Å². The van der Waals surface area contributed by atoms with Crippen molar-refractivity contribution in [1.29, 1.82) is 0 Å². The number of amides is 3. The zero-order valence-corrected chi connectivity index (χ0v) is 13.5. The monoisotopic (exact) mass is 342 g/mol. The van der Waals surface area contributed by atoms with Gasteiger partial charge in [0.1, 0.15) is 0 Å². The second-order valence-electron chi connectivity index (χ2n) is 5.47. The van der Waals surface area contributed by atoms with Crippen LogP contribution in [0.15, 0.2) is 48.5 Å². The van der Waals surface area contributed by atoms with Crippen molar-refractivity contribution < 1.29 is 14.4 Å². The van der Waals surface area contributed by atoms with Crippen molar-refractivity contribution in [2.24, 2.45) is 0 Å². The molecule has 0 fully saturated rings. The standard InChI is InChI=1S/C18H15ClN2O3/c19-12-5-3-6-13(11-12)20-16(22)9-4-10-21-17(23)14-7-1-2-8-15(14)18(21)24/h1-3,5-8,11H,4,9-10H2,(H,20,22). The number of benzene rings is 2. The Morgan fingerprint density at radius 3 is 2.29 bits per heavy atom. The summed E-state index contributed by atoms with van der Waals surface area (Å²) >= 11 is 5.86. The highest BCUT2D eigenvalue weighted by atomic mass is 35.5. The Morgan fingerprint density at radius 1 is 1.00 bits per heavy atom. The molecule has 2 aromatic carbocycles. The number of nitrogens with one attached hydrogen (secondary N) is 1. The van der Waals surface area contributed by atoms with Gasteiger partial charge in [-0.05, 0) is 36.8 Å². The molecular weight excluding hydrogens is 328 g/mol. The van der Waals surface area contributed by atoms with E-state index in [2.05, 4.69) is 5.32 Å². The van der Waals surface area contributed by atoms with Crippen LogP contribution in [-0.2, 0) is 4.79 Å². The normalized spacial score (nSPS) is 13.1. The molecule has 0 aliphatic carbocycles. The lowest BCUT2D eigenvalue weighted by Gasteiger charge is -2.13. The van der Waals surface area contributed by atoms with Gasteiger partial charge >= 0.3 is 0 Å². The predicted octanol–water partition coefficient (Wildman–Crippen LogP) is 3.35. The van der Waals surface area contributed by atoms with E-state index >= 15 is 0 Å². The van der Waals surface area contributed by atoms with Gasteiger partial charge in [-0.2, -0.15) is 0 Å². The quantitative estimate of drug-likeness (QED) is 0.847. The van der Waals surface area contributed by atoms with Crippen LogP contribution in [0.5, 0.6) is 0 Å². The molecule has 122 valence electrons. The Balaban J connectivity index is 1.53. The number of rotatable bonds is 5. The van der Waals surface area contributed by atoms with Crippen molar-refractivity contribution >= 4 is 35.0 Å². The second kappa shape index (κ2) is 6.84. The lowest BCUT2D eigenvalue weighted by Crippen LogP contribution is -2.31. The molecule has 1 heterocycles. The number of halogens is 1. The molecule has 0 aromatic heterocycles. The molecule has 6 heteroatoms. The molecular formula is C18H15ClN2O3. The predicted molar refractivity (Wildman–Crippen MR) is 91.1 cm³/mol. The molecule has 3 amide bonds. The van der Waals surface area contributed by atoms with Crippen LogP contribution < -0.4 is 5.32 Å². The summed E-state index contributed by atoms with van der Waals surface area (Å²) in [5, 5.41) is 3.28. The van der Waals surface area contributed by atoms with E-state index in [0.29, 0.717) is 28.3 Å². The summed E-state index contributed by atoms with van der Waals surface area (Å²) in [6.45, 7) is 0.218. The van der Waals surface area contributed by atoms with Crippen LogP contribution >= 0.6 is 11.6 Å². The van der Waals surface area contributed by atoms with Gasteiger partial charge in [-0.1, -0.05) is 29.8 Å². The number of carbonyl (C=O) groups is 3. The average molecular weight is 343 g/mol. The van der Waals surface area contributed by atoms with Crippen LogP contribution in [0, 0.1) is 0 Å². The van der Waals surface area contributed by atoms with Gasteiger partial charge in [-0.15, -0.1) is 0 Å². The van der Waals surface area contributed by atoms with Crippen molar-refractivity contribution in [3.05, 3.63) is 64.7 Å². The Morgan fingerprint density at radius 2 is 1.67 bits per heavy atom. The number of carbonyl (C=O) groups excluding carboxylic acids is 3. The van der Waals surface area contributed by atoms with Crippen molar-refractivity contribution in [3.8, 4) is 0 Å². The molecule has 1 aliphatic heterocycles. The average Bonchev–Trinajstić information content (AvgIpc) is 2.80. The highest BCUT2D eigenvalue weighted by Gasteiger charge is 2.34. The third-order valence-corrected chi connectivity index (χ3v) is 4.01. The first-order chi connectivity index (χ1) is 11.6. The van der Waals surface area contributed by atoms with E-state index < -0.39 is 0 Å². The fraction of sp³-hybridized carbons (Fsp3) is 0.167. The van der Waals surface area contributed by atoms with Crippen LogP contribution in [0.2, 0.25) is 5.02 Å². The molecule has 2 aromatic rings. The number of hydrogen-bond acceptors (Lipinski definition) is 3. The summed E-state index contributed by atoms with van der Waals surface area (Å²) < 4.78 is 0. The number of hydrogen-bond donors (Lipinski definition) is 1. The Bertz CT molecular complexity index is 784. The summed E-state index contributed by atoms with van der Waals surface area (Å²) in [5.41, 5.74) is 1.46. The molecule has 3 rings (SSSR count). The maximum atomic E-state index is 12.2. The van der Waals surface area contributed by atoms with E-state index in [1.54, 1.807) is 48.5 Å². The third-order valence-electron chi connectivity index (χ3n) is 3.77. The molecule has 0 radical (unpaired) electrons. The molecule has 0 unspecified atom stereocenters. The third kappa shape index (κ3) is 3.31. The number of imide groups is 1. The summed E-state index contributed by atoms with van der Waals surface area (Å²) in [6, 6.07) is 13.6. The molecule has 1 aliphatic rings. The SMILES string of the molecule is O=C(CCCN1C(=O)c2ccccc2C1=O)Nc1cccc(Cl)c1. The first-order valence-electron chi connectivity index (χ1n) is 7.57. The van der Waals surface area contributed by atoms with Gasteiger partial charge < -0.3 is 5.32 Å². The van der Waals surface area contributed by atoms with Crippen LogP contribution in [0.4, 0.5) is 5.69 Å². The second-order valence-corrected chi connectivity index (χ2v) is 5.91. The largest absolute Gasteiger partial charge is 0.326 e. The topological polar surface area (TPSA) is 66.5 Å². The molecule has 1 N–H and O–H groups in total. The Hall–Kier alpha value is -2.66. The lowest BCUT2D eigenvalue weighted by molar-refractivity contribution is -0.116. The molecule has 5 nitrogen and oxygen atoms in total. The zero-order chi connectivity index (χ0) is 17.1. The lowest BCUT2D eigenvalue weighted by atomic mass is 10.1. The number of nitrogens with zero attached hydrogens (tertiary/aromatic N) is 1. The van der Waals surface area contributed by atoms with Crippen LogP contribution in [0.1, 0.15) is 33.6 Å². The van der Waals surface area contributed by atoms with E-state index in [1.807, 2.05) is 0 Å². The Labute approximate surface area is 144 Å². The minimum Gasteiger partial charge on any atom is -0.326 e. The summed E-state index contributed by atoms with van der Waals surface area (Å²) in [5.74, 6) is -0.787. The molecule has 24 heavy (non-hydrogen) atoms. The van der Waals surface area contributed by atoms with Gasteiger partial charge in [0.2, 0.25) is 5.91 Å². The van der Waals surface area contributed by atoms with Crippen molar-refractivity contribution in [1.82, 2.24) is 4.90 Å². The van der Waals surface area contributed by atoms with Gasteiger partial charge in [0.05, 0.1) is 11.1 Å². The van der Waals surface area contributed by atoms with Crippen LogP contribution in [-0.4, -0.2) is 29.2 Å². The van der Waals surface area contributed by atoms with E-state index in [0.717, 1.165) is 0 Å². The van der Waals surface area contributed by atoms with Crippen molar-refractivity contribution in [2.45, 2.75) is 12.8 Å². The van der Waals surface area contributed by atoms with Crippen molar-refractivity contribution in [2.75, 3.05) is 11.9 Å². The Kier molecular flexibility index (Phi) is 4.62. The molecule has 0 saturated heterocycles. The van der Waals surface area contributed by atoms with Gasteiger partial charge in [-0.3, -0.25) is 19.3 Å². The minimum absolute atomic E-state index is 0.186. The molecule has 0 spiro atoms. The molecule has 0 bridgehead atoms. The van der Waals surface area contributed by atoms with Crippen molar-refractivity contribution in [3.63, 3.8) is 0 Å². The van der Waals surface area contributed by atoms with E-state index in [1.165, 1.54) is 4.90 Å². The first kappa shape index (κ1) is 16.2. The highest BCUT2D eigenvalue weighted by Crippen LogP contribution is 2.22. The maximum Gasteiger partial charge on any atom is 0.261 e. The van der Waals surface area contributed by atoms with Gasteiger partial charge in [0, 0.05) is 23.7 Å². The number of fused-ring (bicyclic) bond motifs is 1. The number of anilines is 1. The minimum atomic E-state index is -0.300.